The summed E-state index contributed by atoms with van der Waals surface area (Å²) >= 11 is 7.58. The Balaban J connectivity index is 2.12. The summed E-state index contributed by atoms with van der Waals surface area (Å²) < 4.78 is 12.5. The molecule has 0 radical (unpaired) electrons. The van der Waals surface area contributed by atoms with Crippen molar-refractivity contribution in [3.63, 3.8) is 0 Å². The number of thioether (sulfide) groups is 1. The molecule has 0 aliphatic heterocycles. The maximum atomic E-state index is 12.6. The van der Waals surface area contributed by atoms with E-state index in [1.807, 2.05) is 39.2 Å². The van der Waals surface area contributed by atoms with E-state index in [4.69, 9.17) is 21.1 Å². The number of nitrogens with zero attached hydrogens (tertiary/aromatic N) is 1. The van der Waals surface area contributed by atoms with Crippen molar-refractivity contribution < 1.29 is 19.1 Å². The second-order valence-corrected chi connectivity index (χ2v) is 7.59. The third-order valence-electron chi connectivity index (χ3n) is 4.36. The average molecular weight is 410 g/mol. The number of aromatic nitrogens is 1. The Labute approximate surface area is 169 Å². The number of aryl methyl sites for hydroxylation is 1. The van der Waals surface area contributed by atoms with Crippen molar-refractivity contribution in [1.29, 1.82) is 0 Å². The van der Waals surface area contributed by atoms with Crippen LogP contribution in [-0.4, -0.2) is 42.9 Å². The lowest BCUT2D eigenvalue weighted by molar-refractivity contribution is 0.0474. The summed E-state index contributed by atoms with van der Waals surface area (Å²) in [6, 6.07) is 7.06. The van der Waals surface area contributed by atoms with Gasteiger partial charge in [0.15, 0.2) is 6.61 Å². The Bertz CT molecular complexity index is 847. The fourth-order valence-electron chi connectivity index (χ4n) is 3.13. The standard InChI is InChI=1S/C20H24ClNO4S/c1-12-8-16(14(3)22(12)13(2)10-25-4)19(23)11-26-20(24)17-9-15(27-5)6-7-18(17)21/h6-9,13H,10-11H2,1-5H3/t13-/m0/s1. The van der Waals surface area contributed by atoms with Gasteiger partial charge in [-0.1, -0.05) is 11.6 Å². The Morgan fingerprint density at radius 2 is 1.93 bits per heavy atom. The molecule has 5 nitrogen and oxygen atoms in total. The lowest BCUT2D eigenvalue weighted by Crippen LogP contribution is -2.17. The fraction of sp³-hybridized carbons (Fsp3) is 0.400. The van der Waals surface area contributed by atoms with Gasteiger partial charge in [0.1, 0.15) is 0 Å². The van der Waals surface area contributed by atoms with Crippen LogP contribution in [0.15, 0.2) is 29.2 Å². The maximum absolute atomic E-state index is 12.6. The number of Topliss-reactive ketones (excluding diaryl/α,β-unsaturated/α-hetero) is 1. The molecule has 2 aromatic rings. The highest BCUT2D eigenvalue weighted by molar-refractivity contribution is 7.98. The van der Waals surface area contributed by atoms with Crippen LogP contribution < -0.4 is 0 Å². The number of benzene rings is 1. The maximum Gasteiger partial charge on any atom is 0.340 e. The first kappa shape index (κ1) is 21.5. The molecule has 2 rings (SSSR count). The van der Waals surface area contributed by atoms with Gasteiger partial charge >= 0.3 is 5.97 Å². The highest BCUT2D eigenvalue weighted by atomic mass is 35.5. The van der Waals surface area contributed by atoms with Gasteiger partial charge in [0.2, 0.25) is 5.78 Å². The van der Waals surface area contributed by atoms with Gasteiger partial charge in [0, 0.05) is 29.0 Å². The lowest BCUT2D eigenvalue weighted by Gasteiger charge is -2.17. The van der Waals surface area contributed by atoms with Crippen molar-refractivity contribution in [2.75, 3.05) is 26.6 Å². The van der Waals surface area contributed by atoms with Crippen LogP contribution >= 0.6 is 23.4 Å². The first-order chi connectivity index (χ1) is 12.8. The Kier molecular flexibility index (Phi) is 7.53. The van der Waals surface area contributed by atoms with Gasteiger partial charge in [-0.05, 0) is 51.3 Å². The molecule has 1 aromatic carbocycles. The number of carbonyl (C=O) groups excluding carboxylic acids is 2. The minimum Gasteiger partial charge on any atom is -0.454 e. The molecule has 0 aliphatic rings. The minimum absolute atomic E-state index is 0.104. The summed E-state index contributed by atoms with van der Waals surface area (Å²) in [6.07, 6.45) is 1.90. The van der Waals surface area contributed by atoms with Gasteiger partial charge in [-0.3, -0.25) is 4.79 Å². The second kappa shape index (κ2) is 9.44. The molecular weight excluding hydrogens is 386 g/mol. The van der Waals surface area contributed by atoms with E-state index in [1.54, 1.807) is 19.2 Å². The number of esters is 1. The SMILES string of the molecule is COC[C@H](C)n1c(C)cc(C(=O)COC(=O)c2cc(SC)ccc2Cl)c1C. The normalized spacial score (nSPS) is 12.1. The predicted molar refractivity (Wildman–Crippen MR) is 108 cm³/mol. The van der Waals surface area contributed by atoms with Gasteiger partial charge in [-0.2, -0.15) is 0 Å². The van der Waals surface area contributed by atoms with Crippen molar-refractivity contribution in [1.82, 2.24) is 4.57 Å². The molecule has 0 N–H and O–H groups in total. The zero-order valence-corrected chi connectivity index (χ0v) is 17.7. The van der Waals surface area contributed by atoms with Crippen LogP contribution in [0.5, 0.6) is 0 Å². The number of rotatable bonds is 8. The quantitative estimate of drug-likeness (QED) is 0.358. The topological polar surface area (TPSA) is 57.5 Å². The molecular formula is C20H24ClNO4S. The number of hydrogen-bond donors (Lipinski definition) is 0. The van der Waals surface area contributed by atoms with E-state index in [0.29, 0.717) is 17.2 Å². The van der Waals surface area contributed by atoms with Crippen LogP contribution in [0.1, 0.15) is 45.1 Å². The van der Waals surface area contributed by atoms with E-state index in [2.05, 4.69) is 4.57 Å². The molecule has 1 atom stereocenters. The zero-order chi connectivity index (χ0) is 20.1. The zero-order valence-electron chi connectivity index (χ0n) is 16.2. The summed E-state index contributed by atoms with van der Waals surface area (Å²) in [4.78, 5) is 25.8. The van der Waals surface area contributed by atoms with E-state index < -0.39 is 5.97 Å². The van der Waals surface area contributed by atoms with Gasteiger partial charge in [0.05, 0.1) is 23.2 Å². The summed E-state index contributed by atoms with van der Waals surface area (Å²) in [7, 11) is 1.65. The van der Waals surface area contributed by atoms with Gasteiger partial charge in [0.25, 0.3) is 0 Å². The van der Waals surface area contributed by atoms with Crippen molar-refractivity contribution in [3.05, 3.63) is 51.8 Å². The fourth-order valence-corrected chi connectivity index (χ4v) is 3.76. The van der Waals surface area contributed by atoms with E-state index in [9.17, 15) is 9.59 Å². The molecule has 0 amide bonds. The highest BCUT2D eigenvalue weighted by Gasteiger charge is 2.21. The number of methoxy groups -OCH3 is 1. The first-order valence-electron chi connectivity index (χ1n) is 8.51. The van der Waals surface area contributed by atoms with E-state index in [1.165, 1.54) is 11.8 Å². The highest BCUT2D eigenvalue weighted by Crippen LogP contribution is 2.24. The Hall–Kier alpha value is -1.76. The molecule has 0 saturated carbocycles. The summed E-state index contributed by atoms with van der Waals surface area (Å²) in [6.45, 7) is 6.06. The van der Waals surface area contributed by atoms with Crippen LogP contribution in [0.4, 0.5) is 0 Å². The first-order valence-corrected chi connectivity index (χ1v) is 10.1. The van der Waals surface area contributed by atoms with Gasteiger partial charge in [-0.25, -0.2) is 4.79 Å². The Morgan fingerprint density at radius 3 is 2.56 bits per heavy atom. The molecule has 0 spiro atoms. The monoisotopic (exact) mass is 409 g/mol. The van der Waals surface area contributed by atoms with Crippen molar-refractivity contribution in [2.24, 2.45) is 0 Å². The predicted octanol–water partition coefficient (Wildman–Crippen LogP) is 4.73. The van der Waals surface area contributed by atoms with Crippen LogP contribution in [0.2, 0.25) is 5.02 Å². The molecule has 27 heavy (non-hydrogen) atoms. The van der Waals surface area contributed by atoms with Crippen LogP contribution in [0.25, 0.3) is 0 Å². The second-order valence-electron chi connectivity index (χ2n) is 6.30. The number of halogens is 1. The number of hydrogen-bond acceptors (Lipinski definition) is 5. The van der Waals surface area contributed by atoms with Crippen LogP contribution in [-0.2, 0) is 9.47 Å². The molecule has 0 fully saturated rings. The largest absolute Gasteiger partial charge is 0.454 e. The third kappa shape index (κ3) is 4.94. The van der Waals surface area contributed by atoms with E-state index in [-0.39, 0.29) is 24.0 Å². The molecule has 0 unspecified atom stereocenters. The summed E-state index contributed by atoms with van der Waals surface area (Å²) in [5.74, 6) is -0.852. The summed E-state index contributed by atoms with van der Waals surface area (Å²) in [5, 5.41) is 0.303. The average Bonchev–Trinajstić information content (AvgIpc) is 2.94. The van der Waals surface area contributed by atoms with E-state index >= 15 is 0 Å². The Morgan fingerprint density at radius 1 is 1.22 bits per heavy atom. The lowest BCUT2D eigenvalue weighted by atomic mass is 10.1. The summed E-state index contributed by atoms with van der Waals surface area (Å²) in [5.41, 5.74) is 2.60. The third-order valence-corrected chi connectivity index (χ3v) is 5.42. The van der Waals surface area contributed by atoms with Crippen molar-refractivity contribution in [2.45, 2.75) is 31.7 Å². The van der Waals surface area contributed by atoms with Crippen LogP contribution in [0, 0.1) is 13.8 Å². The van der Waals surface area contributed by atoms with Crippen LogP contribution in [0.3, 0.4) is 0 Å². The molecule has 1 aromatic heterocycles. The molecule has 0 bridgehead atoms. The van der Waals surface area contributed by atoms with E-state index in [0.717, 1.165) is 16.3 Å². The molecule has 1 heterocycles. The molecule has 7 heteroatoms. The van der Waals surface area contributed by atoms with Crippen molar-refractivity contribution >= 4 is 35.1 Å². The van der Waals surface area contributed by atoms with Crippen molar-refractivity contribution in [3.8, 4) is 0 Å². The van der Waals surface area contributed by atoms with Gasteiger partial charge in [-0.15, -0.1) is 11.8 Å². The smallest absolute Gasteiger partial charge is 0.340 e. The molecule has 0 aliphatic carbocycles. The number of carbonyl (C=O) groups is 2. The number of ketones is 1. The molecule has 0 saturated heterocycles. The van der Waals surface area contributed by atoms with Gasteiger partial charge < -0.3 is 14.0 Å². The molecule has 146 valence electrons. The number of ether oxygens (including phenoxy) is 2. The minimum atomic E-state index is -0.606.